The molecule has 1 amide bonds. The Morgan fingerprint density at radius 1 is 0.357 bits per heavy atom. The Morgan fingerprint density at radius 2 is 0.643 bits per heavy atom. The van der Waals surface area contributed by atoms with Crippen molar-refractivity contribution in [2.24, 2.45) is 0 Å². The van der Waals surface area contributed by atoms with Gasteiger partial charge in [0.05, 0.1) is 18.8 Å². The molecule has 0 aromatic rings. The van der Waals surface area contributed by atoms with Crippen LogP contribution in [0.5, 0.6) is 0 Å². The summed E-state index contributed by atoms with van der Waals surface area (Å²) in [6.45, 7) is 4.14. The fourth-order valence-corrected chi connectivity index (χ4v) is 7.13. The zero-order chi connectivity index (χ0) is 50.6. The largest absolute Gasteiger partial charge is 0.394 e. The van der Waals surface area contributed by atoms with Gasteiger partial charge in [-0.1, -0.05) is 247 Å². The third-order valence-corrected chi connectivity index (χ3v) is 11.4. The third-order valence-electron chi connectivity index (χ3n) is 11.4. The topological polar surface area (TPSA) is 69.6 Å². The van der Waals surface area contributed by atoms with Crippen LogP contribution in [-0.2, 0) is 4.79 Å². The summed E-state index contributed by atoms with van der Waals surface area (Å²) in [5.41, 5.74) is 0. The molecular formula is C66H103NO3. The van der Waals surface area contributed by atoms with Crippen molar-refractivity contribution in [3.8, 4) is 0 Å². The zero-order valence-electron chi connectivity index (χ0n) is 44.7. The minimum Gasteiger partial charge on any atom is -0.394 e. The van der Waals surface area contributed by atoms with Crippen LogP contribution < -0.4 is 5.32 Å². The van der Waals surface area contributed by atoms with E-state index in [0.717, 1.165) is 122 Å². The predicted molar refractivity (Wildman–Crippen MR) is 312 cm³/mol. The van der Waals surface area contributed by atoms with Crippen LogP contribution in [0.15, 0.2) is 182 Å². The van der Waals surface area contributed by atoms with Gasteiger partial charge in [0.15, 0.2) is 0 Å². The van der Waals surface area contributed by atoms with E-state index in [1.54, 1.807) is 6.08 Å². The quantitative estimate of drug-likeness (QED) is 0.0420. The highest BCUT2D eigenvalue weighted by Gasteiger charge is 2.17. The number of amides is 1. The molecular weight excluding hydrogens is 855 g/mol. The van der Waals surface area contributed by atoms with E-state index < -0.39 is 12.1 Å². The smallest absolute Gasteiger partial charge is 0.220 e. The van der Waals surface area contributed by atoms with Crippen LogP contribution in [0, 0.1) is 0 Å². The van der Waals surface area contributed by atoms with Crippen LogP contribution in [0.3, 0.4) is 0 Å². The van der Waals surface area contributed by atoms with Crippen molar-refractivity contribution in [3.63, 3.8) is 0 Å². The molecule has 0 saturated heterocycles. The maximum Gasteiger partial charge on any atom is 0.220 e. The zero-order valence-corrected chi connectivity index (χ0v) is 44.7. The van der Waals surface area contributed by atoms with Gasteiger partial charge in [0.1, 0.15) is 0 Å². The Hall–Kier alpha value is -4.51. The second kappa shape index (κ2) is 58.8. The molecule has 0 aliphatic rings. The second-order valence-corrected chi connectivity index (χ2v) is 17.9. The highest BCUT2D eigenvalue weighted by Crippen LogP contribution is 2.11. The van der Waals surface area contributed by atoms with Crippen molar-refractivity contribution in [2.75, 3.05) is 6.61 Å². The summed E-state index contributed by atoms with van der Waals surface area (Å²) in [6.07, 6.45) is 97.5. The van der Waals surface area contributed by atoms with E-state index in [4.69, 9.17) is 0 Å². The van der Waals surface area contributed by atoms with Crippen LogP contribution in [0.4, 0.5) is 0 Å². The molecule has 0 aliphatic carbocycles. The number of aliphatic hydroxyl groups is 2. The first-order chi connectivity index (χ1) is 34.7. The first kappa shape index (κ1) is 65.5. The van der Waals surface area contributed by atoms with Crippen molar-refractivity contribution in [2.45, 2.75) is 219 Å². The summed E-state index contributed by atoms with van der Waals surface area (Å²) >= 11 is 0. The Labute approximate surface area is 431 Å². The number of rotatable bonds is 48. The molecule has 2 atom stereocenters. The van der Waals surface area contributed by atoms with Crippen LogP contribution in [0.1, 0.15) is 206 Å². The molecule has 0 spiro atoms. The molecule has 3 N–H and O–H groups in total. The van der Waals surface area contributed by atoms with Gasteiger partial charge in [0.2, 0.25) is 5.91 Å². The van der Waals surface area contributed by atoms with Crippen LogP contribution in [-0.4, -0.2) is 34.9 Å². The van der Waals surface area contributed by atoms with E-state index in [-0.39, 0.29) is 12.5 Å². The minimum absolute atomic E-state index is 0.128. The maximum atomic E-state index is 12.4. The normalized spacial score (nSPS) is 14.3. The lowest BCUT2D eigenvalue weighted by Crippen LogP contribution is -2.45. The summed E-state index contributed by atoms with van der Waals surface area (Å²) in [6, 6.07) is -0.684. The summed E-state index contributed by atoms with van der Waals surface area (Å²) in [5, 5.41) is 23.0. The number of nitrogens with one attached hydrogen (secondary N) is 1. The summed E-state index contributed by atoms with van der Waals surface area (Å²) < 4.78 is 0. The standard InChI is InChI=1S/C66H103NO3/c1-3-5-7-9-11-13-15-17-19-21-23-24-25-26-27-28-29-30-31-32-33-34-35-36-37-38-39-40-41-42-44-46-48-50-52-54-56-58-60-62-66(70)67-64(63-68)65(69)61-59-57-55-53-51-49-47-45-43-22-20-18-16-14-12-10-8-6-4-2/h5,7,11,13,17,19,23-24,26-27,29-30,32-33,35-36,38-39,41-43,45-46,48,51-54,59,61,64-65,68-69H,3-4,6,8-10,12,14-16,18,20-22,25,28,31,34,37,40,44,47,49-50,55-58,60,62-63H2,1-2H3,(H,67,70)/b7-5-,13-11-,19-17-,24-23-,27-26-,30-29-,33-32-,36-35-,39-38-,42-41-,45-43+,48-46-,53-51+,54-52-,61-59+. The van der Waals surface area contributed by atoms with Gasteiger partial charge in [-0.05, 0) is 135 Å². The van der Waals surface area contributed by atoms with Gasteiger partial charge in [-0.2, -0.15) is 0 Å². The van der Waals surface area contributed by atoms with Gasteiger partial charge in [0.25, 0.3) is 0 Å². The monoisotopic (exact) mass is 958 g/mol. The number of carbonyl (C=O) groups is 1. The average Bonchev–Trinajstić information content (AvgIpc) is 3.36. The predicted octanol–water partition coefficient (Wildman–Crippen LogP) is 18.9. The number of hydrogen-bond donors (Lipinski definition) is 3. The van der Waals surface area contributed by atoms with Crippen molar-refractivity contribution in [1.82, 2.24) is 5.32 Å². The lowest BCUT2D eigenvalue weighted by atomic mass is 10.1. The lowest BCUT2D eigenvalue weighted by Gasteiger charge is -2.19. The van der Waals surface area contributed by atoms with Gasteiger partial charge in [-0.3, -0.25) is 4.79 Å². The van der Waals surface area contributed by atoms with E-state index in [9.17, 15) is 15.0 Å². The van der Waals surface area contributed by atoms with Gasteiger partial charge < -0.3 is 15.5 Å². The molecule has 0 aromatic heterocycles. The Balaban J connectivity index is 3.79. The molecule has 0 rings (SSSR count). The molecule has 0 bridgehead atoms. The van der Waals surface area contributed by atoms with Gasteiger partial charge >= 0.3 is 0 Å². The molecule has 0 aliphatic heterocycles. The SMILES string of the molecule is CC/C=C\C/C=C\C/C=C\C/C=C\C/C=C\C/C=C\C/C=C\C/C=C\C/C=C\C/C=C\C/C=C\C/C=C\CCCCC(=O)NC(CO)C(O)/C=C/CC/C=C/CC/C=C/CCCCCCCCCCC. The maximum absolute atomic E-state index is 12.4. The lowest BCUT2D eigenvalue weighted by molar-refractivity contribution is -0.123. The number of carbonyl (C=O) groups excluding carboxylic acids is 1. The number of unbranched alkanes of at least 4 members (excludes halogenated alkanes) is 13. The third kappa shape index (κ3) is 54.4. The number of aliphatic hydroxyl groups excluding tert-OH is 2. The van der Waals surface area contributed by atoms with Gasteiger partial charge in [-0.15, -0.1) is 0 Å². The molecule has 4 nitrogen and oxygen atoms in total. The Bertz CT molecular complexity index is 1600. The van der Waals surface area contributed by atoms with E-state index in [1.807, 2.05) is 6.08 Å². The summed E-state index contributed by atoms with van der Waals surface area (Å²) in [7, 11) is 0. The first-order valence-corrected chi connectivity index (χ1v) is 28.0. The fraction of sp³-hybridized carbons (Fsp3) is 0.530. The van der Waals surface area contributed by atoms with E-state index in [2.05, 4.69) is 189 Å². The minimum atomic E-state index is -0.903. The summed E-state index contributed by atoms with van der Waals surface area (Å²) in [5.74, 6) is -0.128. The highest BCUT2D eigenvalue weighted by molar-refractivity contribution is 5.76. The van der Waals surface area contributed by atoms with Gasteiger partial charge in [-0.25, -0.2) is 0 Å². The van der Waals surface area contributed by atoms with Crippen LogP contribution in [0.2, 0.25) is 0 Å². The van der Waals surface area contributed by atoms with Crippen LogP contribution in [0.25, 0.3) is 0 Å². The van der Waals surface area contributed by atoms with E-state index in [0.29, 0.717) is 6.42 Å². The van der Waals surface area contributed by atoms with Crippen molar-refractivity contribution >= 4 is 5.91 Å². The molecule has 0 aromatic carbocycles. The van der Waals surface area contributed by atoms with Crippen molar-refractivity contribution in [1.29, 1.82) is 0 Å². The van der Waals surface area contributed by atoms with Crippen molar-refractivity contribution < 1.29 is 15.0 Å². The summed E-state index contributed by atoms with van der Waals surface area (Å²) in [4.78, 5) is 12.4. The molecule has 2 unspecified atom stereocenters. The molecule has 0 saturated carbocycles. The van der Waals surface area contributed by atoms with Crippen molar-refractivity contribution in [3.05, 3.63) is 182 Å². The van der Waals surface area contributed by atoms with Gasteiger partial charge in [0, 0.05) is 6.42 Å². The number of allylic oxidation sites excluding steroid dienone is 29. The molecule has 390 valence electrons. The second-order valence-electron chi connectivity index (χ2n) is 17.9. The highest BCUT2D eigenvalue weighted by atomic mass is 16.3. The average molecular weight is 959 g/mol. The van der Waals surface area contributed by atoms with E-state index >= 15 is 0 Å². The Morgan fingerprint density at radius 3 is 1.00 bits per heavy atom. The number of hydrogen-bond acceptors (Lipinski definition) is 3. The van der Waals surface area contributed by atoms with Crippen LogP contribution >= 0.6 is 0 Å². The molecule has 70 heavy (non-hydrogen) atoms. The molecule has 0 radical (unpaired) electrons. The Kier molecular flexibility index (Phi) is 55.0. The fourth-order valence-electron chi connectivity index (χ4n) is 7.13. The van der Waals surface area contributed by atoms with E-state index in [1.165, 1.54) is 64.2 Å². The first-order valence-electron chi connectivity index (χ1n) is 28.0. The molecule has 0 fully saturated rings. The molecule has 0 heterocycles. The molecule has 4 heteroatoms.